The lowest BCUT2D eigenvalue weighted by molar-refractivity contribution is 0.435. The highest BCUT2D eigenvalue weighted by atomic mass is 19.1. The van der Waals surface area contributed by atoms with Crippen LogP contribution >= 0.6 is 0 Å². The van der Waals surface area contributed by atoms with Gasteiger partial charge in [-0.25, -0.2) is 4.39 Å². The standard InChI is InChI=1S/C15H17FN2O/c1-3-13-15(6-4-10(2)18-13)19-14-7-5-11(9-17)8-12(14)16/h4-8H,3,9,17H2,1-2H3. The molecule has 2 aromatic rings. The van der Waals surface area contributed by atoms with Crippen LogP contribution in [0.25, 0.3) is 0 Å². The van der Waals surface area contributed by atoms with E-state index in [9.17, 15) is 4.39 Å². The molecule has 1 heterocycles. The van der Waals surface area contributed by atoms with Crippen molar-refractivity contribution in [2.45, 2.75) is 26.8 Å². The maximum absolute atomic E-state index is 13.8. The molecule has 1 aromatic carbocycles. The molecule has 0 fully saturated rings. The van der Waals surface area contributed by atoms with Gasteiger partial charge in [0.05, 0.1) is 5.69 Å². The monoisotopic (exact) mass is 260 g/mol. The average Bonchev–Trinajstić information content (AvgIpc) is 2.42. The molecule has 0 atom stereocenters. The first-order chi connectivity index (χ1) is 9.13. The molecule has 0 saturated carbocycles. The minimum Gasteiger partial charge on any atom is -0.452 e. The van der Waals surface area contributed by atoms with Crippen molar-refractivity contribution >= 4 is 0 Å². The van der Waals surface area contributed by atoms with Gasteiger partial charge in [0.25, 0.3) is 0 Å². The van der Waals surface area contributed by atoms with E-state index in [-0.39, 0.29) is 5.75 Å². The molecule has 2 N–H and O–H groups in total. The summed E-state index contributed by atoms with van der Waals surface area (Å²) in [5, 5.41) is 0. The van der Waals surface area contributed by atoms with Crippen LogP contribution < -0.4 is 10.5 Å². The number of nitrogens with two attached hydrogens (primary N) is 1. The number of halogens is 1. The number of nitrogens with zero attached hydrogens (tertiary/aromatic N) is 1. The smallest absolute Gasteiger partial charge is 0.166 e. The predicted octanol–water partition coefficient (Wildman–Crippen LogP) is 3.34. The first-order valence-corrected chi connectivity index (χ1v) is 6.27. The van der Waals surface area contributed by atoms with Gasteiger partial charge in [-0.1, -0.05) is 13.0 Å². The third-order valence-electron chi connectivity index (χ3n) is 2.86. The Labute approximate surface area is 112 Å². The van der Waals surface area contributed by atoms with E-state index in [4.69, 9.17) is 10.5 Å². The maximum atomic E-state index is 13.8. The highest BCUT2D eigenvalue weighted by molar-refractivity contribution is 5.37. The van der Waals surface area contributed by atoms with Crippen molar-refractivity contribution < 1.29 is 9.13 Å². The maximum Gasteiger partial charge on any atom is 0.166 e. The molecule has 0 saturated heterocycles. The fourth-order valence-corrected chi connectivity index (χ4v) is 1.82. The summed E-state index contributed by atoms with van der Waals surface area (Å²) in [6, 6.07) is 8.41. The molecule has 19 heavy (non-hydrogen) atoms. The minimum absolute atomic E-state index is 0.192. The van der Waals surface area contributed by atoms with E-state index in [2.05, 4.69) is 4.98 Å². The van der Waals surface area contributed by atoms with Crippen LogP contribution in [-0.4, -0.2) is 4.98 Å². The van der Waals surface area contributed by atoms with Crippen molar-refractivity contribution in [1.82, 2.24) is 4.98 Å². The summed E-state index contributed by atoms with van der Waals surface area (Å²) in [4.78, 5) is 4.38. The molecule has 1 aromatic heterocycles. The molecule has 0 aliphatic rings. The van der Waals surface area contributed by atoms with Crippen LogP contribution in [0, 0.1) is 12.7 Å². The Morgan fingerprint density at radius 1 is 1.21 bits per heavy atom. The zero-order valence-corrected chi connectivity index (χ0v) is 11.1. The molecular formula is C15H17FN2O. The van der Waals surface area contributed by atoms with E-state index in [0.717, 1.165) is 23.4 Å². The fraction of sp³-hybridized carbons (Fsp3) is 0.267. The Morgan fingerprint density at radius 2 is 1.95 bits per heavy atom. The summed E-state index contributed by atoms with van der Waals surface area (Å²) in [6.45, 7) is 4.21. The third kappa shape index (κ3) is 3.09. The number of ether oxygens (including phenoxy) is 1. The average molecular weight is 260 g/mol. The van der Waals surface area contributed by atoms with Gasteiger partial charge in [0, 0.05) is 12.2 Å². The lowest BCUT2D eigenvalue weighted by Gasteiger charge is -2.11. The number of benzene rings is 1. The minimum atomic E-state index is -0.412. The first-order valence-electron chi connectivity index (χ1n) is 6.27. The number of hydrogen-bond donors (Lipinski definition) is 1. The van der Waals surface area contributed by atoms with Gasteiger partial charge >= 0.3 is 0 Å². The van der Waals surface area contributed by atoms with Gasteiger partial charge in [-0.15, -0.1) is 0 Å². The number of aromatic nitrogens is 1. The van der Waals surface area contributed by atoms with Crippen LogP contribution in [0.15, 0.2) is 30.3 Å². The number of aryl methyl sites for hydroxylation is 2. The highest BCUT2D eigenvalue weighted by Gasteiger charge is 2.09. The number of pyridine rings is 1. The summed E-state index contributed by atoms with van der Waals surface area (Å²) < 4.78 is 19.4. The summed E-state index contributed by atoms with van der Waals surface area (Å²) >= 11 is 0. The Morgan fingerprint density at radius 3 is 2.58 bits per heavy atom. The van der Waals surface area contributed by atoms with Gasteiger partial charge in [0.15, 0.2) is 11.6 Å². The summed E-state index contributed by atoms with van der Waals surface area (Å²) in [6.07, 6.45) is 0.736. The Bertz CT molecular complexity index is 584. The second-order valence-electron chi connectivity index (χ2n) is 4.32. The van der Waals surface area contributed by atoms with E-state index in [1.54, 1.807) is 12.1 Å². The van der Waals surface area contributed by atoms with Crippen LogP contribution in [0.2, 0.25) is 0 Å². The molecule has 2 rings (SSSR count). The molecule has 0 aliphatic carbocycles. The van der Waals surface area contributed by atoms with Crippen LogP contribution in [0.3, 0.4) is 0 Å². The zero-order chi connectivity index (χ0) is 13.8. The van der Waals surface area contributed by atoms with E-state index in [1.807, 2.05) is 26.0 Å². The number of hydrogen-bond acceptors (Lipinski definition) is 3. The lowest BCUT2D eigenvalue weighted by atomic mass is 10.2. The molecule has 0 bridgehead atoms. The summed E-state index contributed by atoms with van der Waals surface area (Å²) in [5.74, 6) is 0.371. The van der Waals surface area contributed by atoms with Gasteiger partial charge in [0.1, 0.15) is 5.75 Å². The largest absolute Gasteiger partial charge is 0.452 e. The molecule has 0 unspecified atom stereocenters. The van der Waals surface area contributed by atoms with Crippen molar-refractivity contribution in [1.29, 1.82) is 0 Å². The molecular weight excluding hydrogens is 243 g/mol. The van der Waals surface area contributed by atoms with Crippen molar-refractivity contribution in [3.63, 3.8) is 0 Å². The molecule has 0 amide bonds. The van der Waals surface area contributed by atoms with Crippen molar-refractivity contribution in [3.8, 4) is 11.5 Å². The highest BCUT2D eigenvalue weighted by Crippen LogP contribution is 2.27. The quantitative estimate of drug-likeness (QED) is 0.917. The topological polar surface area (TPSA) is 48.1 Å². The molecule has 4 heteroatoms. The normalized spacial score (nSPS) is 10.5. The van der Waals surface area contributed by atoms with Gasteiger partial charge in [-0.05, 0) is 43.2 Å². The van der Waals surface area contributed by atoms with E-state index in [1.165, 1.54) is 6.07 Å². The van der Waals surface area contributed by atoms with Crippen LogP contribution in [0.1, 0.15) is 23.9 Å². The Hall–Kier alpha value is -1.94. The zero-order valence-electron chi connectivity index (χ0n) is 11.1. The second-order valence-corrected chi connectivity index (χ2v) is 4.32. The third-order valence-corrected chi connectivity index (χ3v) is 2.86. The second kappa shape index (κ2) is 5.80. The molecule has 3 nitrogen and oxygen atoms in total. The van der Waals surface area contributed by atoms with Crippen molar-refractivity contribution in [3.05, 3.63) is 53.1 Å². The van der Waals surface area contributed by atoms with Crippen LogP contribution in [0.5, 0.6) is 11.5 Å². The SMILES string of the molecule is CCc1nc(C)ccc1Oc1ccc(CN)cc1F. The Kier molecular flexibility index (Phi) is 4.12. The Balaban J connectivity index is 2.31. The fourth-order valence-electron chi connectivity index (χ4n) is 1.82. The molecule has 100 valence electrons. The molecule has 0 spiro atoms. The van der Waals surface area contributed by atoms with Crippen molar-refractivity contribution in [2.24, 2.45) is 5.73 Å². The number of rotatable bonds is 4. The van der Waals surface area contributed by atoms with E-state index < -0.39 is 5.82 Å². The molecule has 0 aliphatic heterocycles. The van der Waals surface area contributed by atoms with Crippen molar-refractivity contribution in [2.75, 3.05) is 0 Å². The van der Waals surface area contributed by atoms with Gasteiger partial charge in [-0.2, -0.15) is 0 Å². The first kappa shape index (κ1) is 13.5. The predicted molar refractivity (Wildman–Crippen MR) is 72.7 cm³/mol. The molecule has 0 radical (unpaired) electrons. The lowest BCUT2D eigenvalue weighted by Crippen LogP contribution is -1.99. The van der Waals surface area contributed by atoms with Crippen LogP contribution in [0.4, 0.5) is 4.39 Å². The van der Waals surface area contributed by atoms with Gasteiger partial charge in [0.2, 0.25) is 0 Å². The van der Waals surface area contributed by atoms with E-state index in [0.29, 0.717) is 12.3 Å². The van der Waals surface area contributed by atoms with E-state index >= 15 is 0 Å². The van der Waals surface area contributed by atoms with Gasteiger partial charge in [-0.3, -0.25) is 4.98 Å². The van der Waals surface area contributed by atoms with Gasteiger partial charge < -0.3 is 10.5 Å². The summed E-state index contributed by atoms with van der Waals surface area (Å²) in [7, 11) is 0. The summed E-state index contributed by atoms with van der Waals surface area (Å²) in [5.41, 5.74) is 7.95. The van der Waals surface area contributed by atoms with Crippen LogP contribution in [-0.2, 0) is 13.0 Å².